The van der Waals surface area contributed by atoms with E-state index in [0.29, 0.717) is 11.6 Å². The lowest BCUT2D eigenvalue weighted by Gasteiger charge is -2.10. The van der Waals surface area contributed by atoms with Gasteiger partial charge in [-0.2, -0.15) is 0 Å². The third kappa shape index (κ3) is 2.50. The molecule has 1 aromatic heterocycles. The summed E-state index contributed by atoms with van der Waals surface area (Å²) in [5.41, 5.74) is 7.38. The largest absolute Gasteiger partial charge is 0.383 e. The number of rotatable bonds is 3. The number of hydrogen-bond donors (Lipinski definition) is 2. The minimum Gasteiger partial charge on any atom is -0.383 e. The molecule has 0 bridgehead atoms. The van der Waals surface area contributed by atoms with Gasteiger partial charge >= 0.3 is 0 Å². The van der Waals surface area contributed by atoms with Crippen LogP contribution in [0.4, 0.5) is 21.7 Å². The van der Waals surface area contributed by atoms with E-state index in [-0.39, 0.29) is 5.82 Å². The molecule has 1 aromatic carbocycles. The van der Waals surface area contributed by atoms with E-state index in [4.69, 9.17) is 5.73 Å². The summed E-state index contributed by atoms with van der Waals surface area (Å²) in [7, 11) is 0. The van der Waals surface area contributed by atoms with Gasteiger partial charge in [0.1, 0.15) is 23.8 Å². The van der Waals surface area contributed by atoms with Crippen molar-refractivity contribution in [2.75, 3.05) is 11.1 Å². The number of hydrogen-bond acceptors (Lipinski definition) is 4. The standard InChI is InChI=1S/C12H13FN4/c1-2-10-11(14)15-7-16-12(10)17-9-5-3-8(13)4-6-9/h3-7H,2H2,1H3,(H3,14,15,16,17). The fraction of sp³-hybridized carbons (Fsp3) is 0.167. The molecule has 4 nitrogen and oxygen atoms in total. The maximum absolute atomic E-state index is 12.8. The van der Waals surface area contributed by atoms with E-state index in [1.807, 2.05) is 6.92 Å². The first kappa shape index (κ1) is 11.3. The smallest absolute Gasteiger partial charge is 0.139 e. The van der Waals surface area contributed by atoms with Crippen molar-refractivity contribution in [3.05, 3.63) is 42.0 Å². The van der Waals surface area contributed by atoms with Crippen molar-refractivity contribution < 1.29 is 4.39 Å². The topological polar surface area (TPSA) is 63.8 Å². The van der Waals surface area contributed by atoms with E-state index in [9.17, 15) is 4.39 Å². The summed E-state index contributed by atoms with van der Waals surface area (Å²) < 4.78 is 12.8. The molecule has 88 valence electrons. The van der Waals surface area contributed by atoms with E-state index in [1.165, 1.54) is 18.5 Å². The molecule has 0 radical (unpaired) electrons. The molecule has 2 rings (SSSR count). The van der Waals surface area contributed by atoms with Gasteiger partial charge in [0, 0.05) is 11.3 Å². The first-order valence-electron chi connectivity index (χ1n) is 5.32. The zero-order chi connectivity index (χ0) is 12.3. The molecule has 0 saturated carbocycles. The number of aromatic nitrogens is 2. The zero-order valence-electron chi connectivity index (χ0n) is 9.44. The van der Waals surface area contributed by atoms with Gasteiger partial charge in [0.15, 0.2) is 0 Å². The van der Waals surface area contributed by atoms with Gasteiger partial charge in [0.25, 0.3) is 0 Å². The Morgan fingerprint density at radius 3 is 2.59 bits per heavy atom. The highest BCUT2D eigenvalue weighted by atomic mass is 19.1. The number of anilines is 3. The monoisotopic (exact) mass is 232 g/mol. The van der Waals surface area contributed by atoms with Crippen LogP contribution in [0.25, 0.3) is 0 Å². The highest BCUT2D eigenvalue weighted by Crippen LogP contribution is 2.22. The minimum absolute atomic E-state index is 0.270. The van der Waals surface area contributed by atoms with E-state index in [0.717, 1.165) is 17.7 Å². The number of nitrogen functional groups attached to an aromatic ring is 1. The summed E-state index contributed by atoms with van der Waals surface area (Å²) in [6, 6.07) is 6.07. The Bertz CT molecular complexity index is 510. The van der Waals surface area contributed by atoms with Crippen molar-refractivity contribution in [3.63, 3.8) is 0 Å². The summed E-state index contributed by atoms with van der Waals surface area (Å²) in [5, 5.41) is 3.09. The number of nitrogens with two attached hydrogens (primary N) is 1. The average molecular weight is 232 g/mol. The first-order valence-corrected chi connectivity index (χ1v) is 5.32. The summed E-state index contributed by atoms with van der Waals surface area (Å²) in [6.07, 6.45) is 2.14. The van der Waals surface area contributed by atoms with Gasteiger partial charge in [0.05, 0.1) is 0 Å². The summed E-state index contributed by atoms with van der Waals surface area (Å²) in [4.78, 5) is 8.07. The molecule has 5 heteroatoms. The van der Waals surface area contributed by atoms with Gasteiger partial charge < -0.3 is 11.1 Å². The van der Waals surface area contributed by atoms with Crippen LogP contribution in [-0.2, 0) is 6.42 Å². The quantitative estimate of drug-likeness (QED) is 0.853. The normalized spacial score (nSPS) is 10.2. The lowest BCUT2D eigenvalue weighted by Crippen LogP contribution is -2.04. The Morgan fingerprint density at radius 1 is 1.24 bits per heavy atom. The van der Waals surface area contributed by atoms with Crippen molar-refractivity contribution >= 4 is 17.3 Å². The second kappa shape index (κ2) is 4.78. The van der Waals surface area contributed by atoms with E-state index in [2.05, 4.69) is 15.3 Å². The molecule has 0 saturated heterocycles. The predicted molar refractivity (Wildman–Crippen MR) is 65.5 cm³/mol. The molecule has 1 heterocycles. The third-order valence-electron chi connectivity index (χ3n) is 2.44. The van der Waals surface area contributed by atoms with Crippen LogP contribution >= 0.6 is 0 Å². The molecule has 17 heavy (non-hydrogen) atoms. The Hall–Kier alpha value is -2.17. The van der Waals surface area contributed by atoms with Crippen LogP contribution in [0.5, 0.6) is 0 Å². The lowest BCUT2D eigenvalue weighted by molar-refractivity contribution is 0.628. The van der Waals surface area contributed by atoms with Crippen LogP contribution in [0, 0.1) is 5.82 Å². The fourth-order valence-electron chi connectivity index (χ4n) is 1.55. The number of benzene rings is 1. The molecule has 3 N–H and O–H groups in total. The van der Waals surface area contributed by atoms with Crippen molar-refractivity contribution in [1.82, 2.24) is 9.97 Å². The SMILES string of the molecule is CCc1c(N)ncnc1Nc1ccc(F)cc1. The molecular weight excluding hydrogens is 219 g/mol. The van der Waals surface area contributed by atoms with Crippen molar-refractivity contribution in [1.29, 1.82) is 0 Å². The molecule has 0 fully saturated rings. The molecule has 0 amide bonds. The maximum Gasteiger partial charge on any atom is 0.139 e. The van der Waals surface area contributed by atoms with Crippen LogP contribution in [0.2, 0.25) is 0 Å². The fourth-order valence-corrected chi connectivity index (χ4v) is 1.55. The Kier molecular flexibility index (Phi) is 3.18. The summed E-state index contributed by atoms with van der Waals surface area (Å²) in [6.45, 7) is 1.98. The Labute approximate surface area is 98.7 Å². The molecule has 2 aromatic rings. The third-order valence-corrected chi connectivity index (χ3v) is 2.44. The predicted octanol–water partition coefficient (Wildman–Crippen LogP) is 2.50. The van der Waals surface area contributed by atoms with Crippen LogP contribution in [-0.4, -0.2) is 9.97 Å². The summed E-state index contributed by atoms with van der Waals surface area (Å²) in [5.74, 6) is 0.854. The van der Waals surface area contributed by atoms with Crippen LogP contribution in [0.15, 0.2) is 30.6 Å². The number of nitrogens with one attached hydrogen (secondary N) is 1. The lowest BCUT2D eigenvalue weighted by atomic mass is 10.2. The van der Waals surface area contributed by atoms with Gasteiger partial charge in [-0.15, -0.1) is 0 Å². The van der Waals surface area contributed by atoms with Gasteiger partial charge in [-0.05, 0) is 30.7 Å². The van der Waals surface area contributed by atoms with Crippen molar-refractivity contribution in [2.45, 2.75) is 13.3 Å². The molecule has 0 aliphatic carbocycles. The molecule has 0 aliphatic heterocycles. The highest BCUT2D eigenvalue weighted by Gasteiger charge is 2.07. The van der Waals surface area contributed by atoms with E-state index in [1.54, 1.807) is 12.1 Å². The average Bonchev–Trinajstić information content (AvgIpc) is 2.32. The highest BCUT2D eigenvalue weighted by molar-refractivity contribution is 5.63. The first-order chi connectivity index (χ1) is 8.20. The van der Waals surface area contributed by atoms with Gasteiger partial charge in [-0.25, -0.2) is 14.4 Å². The van der Waals surface area contributed by atoms with Gasteiger partial charge in [0.2, 0.25) is 0 Å². The van der Waals surface area contributed by atoms with E-state index >= 15 is 0 Å². The Morgan fingerprint density at radius 2 is 1.94 bits per heavy atom. The molecule has 0 unspecified atom stereocenters. The van der Waals surface area contributed by atoms with Gasteiger partial charge in [-0.1, -0.05) is 6.92 Å². The molecular formula is C12H13FN4. The minimum atomic E-state index is -0.270. The Balaban J connectivity index is 2.29. The van der Waals surface area contributed by atoms with Crippen LogP contribution in [0.3, 0.4) is 0 Å². The second-order valence-corrected chi connectivity index (χ2v) is 3.57. The van der Waals surface area contributed by atoms with Crippen LogP contribution < -0.4 is 11.1 Å². The summed E-state index contributed by atoms with van der Waals surface area (Å²) >= 11 is 0. The number of halogens is 1. The zero-order valence-corrected chi connectivity index (χ0v) is 9.44. The molecule has 0 aliphatic rings. The van der Waals surface area contributed by atoms with Crippen molar-refractivity contribution in [3.8, 4) is 0 Å². The maximum atomic E-state index is 12.8. The van der Waals surface area contributed by atoms with Crippen molar-refractivity contribution in [2.24, 2.45) is 0 Å². The van der Waals surface area contributed by atoms with Gasteiger partial charge in [-0.3, -0.25) is 0 Å². The second-order valence-electron chi connectivity index (χ2n) is 3.57. The van der Waals surface area contributed by atoms with Crippen LogP contribution in [0.1, 0.15) is 12.5 Å². The number of nitrogens with zero attached hydrogens (tertiary/aromatic N) is 2. The van der Waals surface area contributed by atoms with E-state index < -0.39 is 0 Å². The molecule has 0 spiro atoms. The molecule has 0 atom stereocenters.